The van der Waals surface area contributed by atoms with E-state index in [1.807, 2.05) is 13.0 Å². The van der Waals surface area contributed by atoms with Crippen LogP contribution in [0.4, 0.5) is 5.82 Å². The number of carbonyl (C=O) groups excluding carboxylic acids is 2. The molecule has 1 unspecified atom stereocenters. The molecule has 1 aromatic rings. The first-order valence-corrected chi connectivity index (χ1v) is 7.27. The smallest absolute Gasteiger partial charge is 0.315 e. The van der Waals surface area contributed by atoms with Crippen LogP contribution in [-0.2, 0) is 9.59 Å². The fourth-order valence-corrected chi connectivity index (χ4v) is 2.56. The Hall–Kier alpha value is -1.95. The molecule has 1 aliphatic heterocycles. The molecule has 1 fully saturated rings. The molecule has 1 aromatic heterocycles. The van der Waals surface area contributed by atoms with Crippen LogP contribution >= 0.6 is 0 Å². The molecule has 0 aliphatic carbocycles. The van der Waals surface area contributed by atoms with Gasteiger partial charge in [-0.3, -0.25) is 9.59 Å². The first-order valence-electron chi connectivity index (χ1n) is 7.27. The Morgan fingerprint density at radius 2 is 2.24 bits per heavy atom. The largest absolute Gasteiger partial charge is 0.396 e. The number of pyridine rings is 1. The average molecular weight is 291 g/mol. The minimum absolute atomic E-state index is 0.0234. The first kappa shape index (κ1) is 15.4. The summed E-state index contributed by atoms with van der Waals surface area (Å²) in [6.07, 6.45) is 4.90. The van der Waals surface area contributed by atoms with Gasteiger partial charge in [0.1, 0.15) is 5.82 Å². The maximum atomic E-state index is 12.3. The number of aliphatic hydroxyl groups excluding tert-OH is 1. The Labute approximate surface area is 124 Å². The van der Waals surface area contributed by atoms with Crippen LogP contribution in [0.3, 0.4) is 0 Å². The van der Waals surface area contributed by atoms with Gasteiger partial charge in [0.2, 0.25) is 0 Å². The molecule has 0 spiro atoms. The zero-order chi connectivity index (χ0) is 15.2. The summed E-state index contributed by atoms with van der Waals surface area (Å²) in [5.74, 6) is -0.846. The minimum Gasteiger partial charge on any atom is -0.396 e. The van der Waals surface area contributed by atoms with E-state index in [9.17, 15) is 9.59 Å². The van der Waals surface area contributed by atoms with Crippen LogP contribution in [-0.4, -0.2) is 46.0 Å². The number of anilines is 1. The fourth-order valence-electron chi connectivity index (χ4n) is 2.56. The number of rotatable bonds is 3. The van der Waals surface area contributed by atoms with E-state index in [-0.39, 0.29) is 12.6 Å². The van der Waals surface area contributed by atoms with Crippen LogP contribution in [0.1, 0.15) is 31.2 Å². The SMILES string of the molecule is Cc1ccc(NC(=O)C(=O)N2CCCCC2CCO)nc1. The summed E-state index contributed by atoms with van der Waals surface area (Å²) in [7, 11) is 0. The molecular weight excluding hydrogens is 270 g/mol. The van der Waals surface area contributed by atoms with E-state index in [1.165, 1.54) is 0 Å². The lowest BCUT2D eigenvalue weighted by atomic mass is 9.99. The van der Waals surface area contributed by atoms with Crippen molar-refractivity contribution < 1.29 is 14.7 Å². The van der Waals surface area contributed by atoms with Crippen molar-refractivity contribution in [3.05, 3.63) is 23.9 Å². The second-order valence-electron chi connectivity index (χ2n) is 5.34. The number of likely N-dealkylation sites (tertiary alicyclic amines) is 1. The van der Waals surface area contributed by atoms with Gasteiger partial charge in [0.05, 0.1) is 0 Å². The second kappa shape index (κ2) is 7.17. The quantitative estimate of drug-likeness (QED) is 0.817. The molecule has 0 aromatic carbocycles. The highest BCUT2D eigenvalue weighted by Crippen LogP contribution is 2.20. The summed E-state index contributed by atoms with van der Waals surface area (Å²) in [4.78, 5) is 29.9. The van der Waals surface area contributed by atoms with Crippen molar-refractivity contribution >= 4 is 17.6 Å². The van der Waals surface area contributed by atoms with Crippen LogP contribution < -0.4 is 5.32 Å². The molecule has 1 aliphatic rings. The number of carbonyl (C=O) groups is 2. The van der Waals surface area contributed by atoms with Gasteiger partial charge >= 0.3 is 11.8 Å². The summed E-state index contributed by atoms with van der Waals surface area (Å²) >= 11 is 0. The molecule has 1 saturated heterocycles. The summed E-state index contributed by atoms with van der Waals surface area (Å²) in [5.41, 5.74) is 0.985. The Kier molecular flexibility index (Phi) is 5.27. The predicted molar refractivity (Wildman–Crippen MR) is 78.7 cm³/mol. The fraction of sp³-hybridized carbons (Fsp3) is 0.533. The number of piperidine rings is 1. The van der Waals surface area contributed by atoms with Gasteiger partial charge in [-0.15, -0.1) is 0 Å². The topological polar surface area (TPSA) is 82.5 Å². The molecule has 1 atom stereocenters. The molecule has 21 heavy (non-hydrogen) atoms. The lowest BCUT2D eigenvalue weighted by Gasteiger charge is -2.34. The van der Waals surface area contributed by atoms with E-state index >= 15 is 0 Å². The number of amides is 2. The zero-order valence-corrected chi connectivity index (χ0v) is 12.2. The van der Waals surface area contributed by atoms with Gasteiger partial charge in [0.25, 0.3) is 0 Å². The molecule has 0 bridgehead atoms. The number of aryl methyl sites for hydroxylation is 1. The first-order chi connectivity index (χ1) is 10.1. The maximum absolute atomic E-state index is 12.3. The van der Waals surface area contributed by atoms with Crippen LogP contribution in [0, 0.1) is 6.92 Å². The third kappa shape index (κ3) is 4.01. The van der Waals surface area contributed by atoms with Crippen LogP contribution in [0.5, 0.6) is 0 Å². The van der Waals surface area contributed by atoms with E-state index in [4.69, 9.17) is 5.11 Å². The number of aromatic nitrogens is 1. The third-order valence-electron chi connectivity index (χ3n) is 3.70. The Balaban J connectivity index is 2.00. The van der Waals surface area contributed by atoms with E-state index in [0.29, 0.717) is 18.8 Å². The molecule has 0 saturated carbocycles. The van der Waals surface area contributed by atoms with Gasteiger partial charge in [-0.05, 0) is 44.2 Å². The average Bonchev–Trinajstić information content (AvgIpc) is 2.50. The van der Waals surface area contributed by atoms with Crippen LogP contribution in [0.25, 0.3) is 0 Å². The van der Waals surface area contributed by atoms with Gasteiger partial charge < -0.3 is 15.3 Å². The highest BCUT2D eigenvalue weighted by atomic mass is 16.3. The van der Waals surface area contributed by atoms with Gasteiger partial charge in [-0.1, -0.05) is 6.07 Å². The molecule has 2 amide bonds. The monoisotopic (exact) mass is 291 g/mol. The summed E-state index contributed by atoms with van der Waals surface area (Å²) in [6, 6.07) is 3.44. The summed E-state index contributed by atoms with van der Waals surface area (Å²) < 4.78 is 0. The van der Waals surface area contributed by atoms with Gasteiger partial charge in [0, 0.05) is 25.4 Å². The minimum atomic E-state index is -0.670. The zero-order valence-electron chi connectivity index (χ0n) is 12.2. The Bertz CT molecular complexity index is 499. The lowest BCUT2D eigenvalue weighted by molar-refractivity contribution is -0.146. The van der Waals surface area contributed by atoms with Crippen molar-refractivity contribution in [3.8, 4) is 0 Å². The van der Waals surface area contributed by atoms with Gasteiger partial charge in [0.15, 0.2) is 0 Å². The summed E-state index contributed by atoms with van der Waals surface area (Å²) in [6.45, 7) is 2.49. The lowest BCUT2D eigenvalue weighted by Crippen LogP contribution is -2.48. The van der Waals surface area contributed by atoms with Gasteiger partial charge in [-0.2, -0.15) is 0 Å². The van der Waals surface area contributed by atoms with Crippen molar-refractivity contribution in [2.45, 2.75) is 38.6 Å². The standard InChI is InChI=1S/C15H21N3O3/c1-11-5-6-13(16-10-11)17-14(20)15(21)18-8-3-2-4-12(18)7-9-19/h5-6,10,12,19H,2-4,7-9H2,1H3,(H,16,17,20). The van der Waals surface area contributed by atoms with E-state index in [2.05, 4.69) is 10.3 Å². The van der Waals surface area contributed by atoms with Gasteiger partial charge in [-0.25, -0.2) is 4.98 Å². The summed E-state index contributed by atoms with van der Waals surface area (Å²) in [5, 5.41) is 11.6. The van der Waals surface area contributed by atoms with Crippen LogP contribution in [0.15, 0.2) is 18.3 Å². The molecule has 2 heterocycles. The normalized spacial score (nSPS) is 18.4. The number of nitrogens with one attached hydrogen (secondary N) is 1. The number of aliphatic hydroxyl groups is 1. The molecule has 6 nitrogen and oxygen atoms in total. The molecule has 114 valence electrons. The Morgan fingerprint density at radius 3 is 2.90 bits per heavy atom. The van der Waals surface area contributed by atoms with Crippen LogP contribution in [0.2, 0.25) is 0 Å². The van der Waals surface area contributed by atoms with Crippen molar-refractivity contribution in [2.24, 2.45) is 0 Å². The maximum Gasteiger partial charge on any atom is 0.315 e. The van der Waals surface area contributed by atoms with E-state index in [0.717, 1.165) is 24.8 Å². The second-order valence-corrected chi connectivity index (χ2v) is 5.34. The predicted octanol–water partition coefficient (Wildman–Crippen LogP) is 1.09. The Morgan fingerprint density at radius 1 is 1.43 bits per heavy atom. The third-order valence-corrected chi connectivity index (χ3v) is 3.70. The molecule has 0 radical (unpaired) electrons. The highest BCUT2D eigenvalue weighted by molar-refractivity contribution is 6.39. The highest BCUT2D eigenvalue weighted by Gasteiger charge is 2.30. The molecule has 2 N–H and O–H groups in total. The number of nitrogens with zero attached hydrogens (tertiary/aromatic N) is 2. The number of hydrogen-bond acceptors (Lipinski definition) is 4. The van der Waals surface area contributed by atoms with E-state index in [1.54, 1.807) is 17.2 Å². The molecule has 2 rings (SSSR count). The van der Waals surface area contributed by atoms with Crippen molar-refractivity contribution in [1.82, 2.24) is 9.88 Å². The molecular formula is C15H21N3O3. The van der Waals surface area contributed by atoms with Crippen molar-refractivity contribution in [3.63, 3.8) is 0 Å². The van der Waals surface area contributed by atoms with Crippen molar-refractivity contribution in [1.29, 1.82) is 0 Å². The molecule has 6 heteroatoms. The number of hydrogen-bond donors (Lipinski definition) is 2. The van der Waals surface area contributed by atoms with E-state index < -0.39 is 11.8 Å². The van der Waals surface area contributed by atoms with Crippen molar-refractivity contribution in [2.75, 3.05) is 18.5 Å².